The van der Waals surface area contributed by atoms with Crippen LogP contribution >= 0.6 is 0 Å². The summed E-state index contributed by atoms with van der Waals surface area (Å²) in [5.74, 6) is 1.89. The summed E-state index contributed by atoms with van der Waals surface area (Å²) in [6.07, 6.45) is 4.63. The fourth-order valence-electron chi connectivity index (χ4n) is 4.02. The van der Waals surface area contributed by atoms with Gasteiger partial charge in [-0.2, -0.15) is 0 Å². The van der Waals surface area contributed by atoms with Gasteiger partial charge < -0.3 is 20.0 Å². The van der Waals surface area contributed by atoms with Crippen LogP contribution in [0.25, 0.3) is 22.2 Å². The summed E-state index contributed by atoms with van der Waals surface area (Å²) < 4.78 is 5.25. The number of benzene rings is 3. The van der Waals surface area contributed by atoms with Crippen LogP contribution in [0, 0.1) is 5.41 Å². The largest absolute Gasteiger partial charge is 0.497 e. The molecular formula is C27H25N5O. The van der Waals surface area contributed by atoms with E-state index < -0.39 is 0 Å². The molecular weight excluding hydrogens is 410 g/mol. The van der Waals surface area contributed by atoms with Gasteiger partial charge in [0.2, 0.25) is 0 Å². The molecule has 2 aromatic heterocycles. The first kappa shape index (κ1) is 20.6. The van der Waals surface area contributed by atoms with Gasteiger partial charge in [0.1, 0.15) is 17.4 Å². The topological polar surface area (TPSA) is 89.6 Å². The summed E-state index contributed by atoms with van der Waals surface area (Å²) in [6, 6.07) is 25.6. The average molecular weight is 436 g/mol. The SMILES string of the molecule is COc1ccc(C(=N)N[C@H](Cc2c[nH]c3ccccc23)c2nc(-c3ccccc3)c[nH]2)cc1. The van der Waals surface area contributed by atoms with Crippen molar-refractivity contribution in [2.75, 3.05) is 7.11 Å². The minimum absolute atomic E-state index is 0.212. The lowest BCUT2D eigenvalue weighted by Crippen LogP contribution is -2.30. The van der Waals surface area contributed by atoms with E-state index in [9.17, 15) is 0 Å². The first-order valence-electron chi connectivity index (χ1n) is 10.9. The van der Waals surface area contributed by atoms with Crippen molar-refractivity contribution in [3.63, 3.8) is 0 Å². The normalized spacial score (nSPS) is 11.9. The summed E-state index contributed by atoms with van der Waals surface area (Å²) in [5.41, 5.74) is 4.99. The smallest absolute Gasteiger partial charge is 0.129 e. The Bertz CT molecular complexity index is 1370. The molecule has 33 heavy (non-hydrogen) atoms. The third-order valence-corrected chi connectivity index (χ3v) is 5.79. The van der Waals surface area contributed by atoms with Crippen LogP contribution in [0.2, 0.25) is 0 Å². The van der Waals surface area contributed by atoms with E-state index in [0.717, 1.165) is 33.9 Å². The number of hydrogen-bond donors (Lipinski definition) is 4. The van der Waals surface area contributed by atoms with Crippen LogP contribution in [-0.4, -0.2) is 27.9 Å². The Labute approximate surface area is 192 Å². The van der Waals surface area contributed by atoms with Crippen molar-refractivity contribution in [3.8, 4) is 17.0 Å². The van der Waals surface area contributed by atoms with Crippen molar-refractivity contribution >= 4 is 16.7 Å². The van der Waals surface area contributed by atoms with Gasteiger partial charge in [-0.1, -0.05) is 48.5 Å². The zero-order chi connectivity index (χ0) is 22.6. The lowest BCUT2D eigenvalue weighted by atomic mass is 10.0. The van der Waals surface area contributed by atoms with E-state index in [2.05, 4.69) is 27.4 Å². The summed E-state index contributed by atoms with van der Waals surface area (Å²) in [5, 5.41) is 13.3. The van der Waals surface area contributed by atoms with Gasteiger partial charge in [0.25, 0.3) is 0 Å². The van der Waals surface area contributed by atoms with Crippen molar-refractivity contribution in [3.05, 3.63) is 108 Å². The van der Waals surface area contributed by atoms with Crippen molar-refractivity contribution in [1.82, 2.24) is 20.3 Å². The van der Waals surface area contributed by atoms with Gasteiger partial charge >= 0.3 is 0 Å². The fourth-order valence-corrected chi connectivity index (χ4v) is 4.02. The van der Waals surface area contributed by atoms with Gasteiger partial charge in [-0.3, -0.25) is 5.41 Å². The molecule has 6 heteroatoms. The van der Waals surface area contributed by atoms with Gasteiger partial charge in [0.05, 0.1) is 18.8 Å². The Balaban J connectivity index is 1.46. The first-order chi connectivity index (χ1) is 16.2. The third kappa shape index (κ3) is 4.36. The molecule has 1 atom stereocenters. The molecule has 5 aromatic rings. The zero-order valence-electron chi connectivity index (χ0n) is 18.3. The Morgan fingerprint density at radius 2 is 1.70 bits per heavy atom. The number of ether oxygens (including phenoxy) is 1. The molecule has 0 bridgehead atoms. The molecule has 2 heterocycles. The highest BCUT2D eigenvalue weighted by Gasteiger charge is 2.20. The molecule has 0 amide bonds. The Morgan fingerprint density at radius 1 is 0.939 bits per heavy atom. The minimum Gasteiger partial charge on any atom is -0.497 e. The lowest BCUT2D eigenvalue weighted by molar-refractivity contribution is 0.415. The summed E-state index contributed by atoms with van der Waals surface area (Å²) in [7, 11) is 1.64. The van der Waals surface area contributed by atoms with E-state index in [1.807, 2.05) is 79.1 Å². The van der Waals surface area contributed by atoms with E-state index in [1.54, 1.807) is 7.11 Å². The van der Waals surface area contributed by atoms with E-state index in [0.29, 0.717) is 12.3 Å². The highest BCUT2D eigenvalue weighted by molar-refractivity contribution is 5.96. The number of methoxy groups -OCH3 is 1. The van der Waals surface area contributed by atoms with E-state index in [-0.39, 0.29) is 6.04 Å². The van der Waals surface area contributed by atoms with Crippen LogP contribution in [0.15, 0.2) is 91.3 Å². The number of hydrogen-bond acceptors (Lipinski definition) is 3. The number of imidazole rings is 1. The second kappa shape index (κ2) is 9.04. The Morgan fingerprint density at radius 3 is 2.48 bits per heavy atom. The number of rotatable bonds is 7. The summed E-state index contributed by atoms with van der Waals surface area (Å²) in [6.45, 7) is 0. The molecule has 0 unspecified atom stereocenters. The molecule has 5 rings (SSSR count). The third-order valence-electron chi connectivity index (χ3n) is 5.79. The van der Waals surface area contributed by atoms with E-state index in [4.69, 9.17) is 15.1 Å². The standard InChI is InChI=1S/C27H25N5O/c1-33-21-13-11-19(12-14-21)26(28)31-24(15-20-16-29-23-10-6-5-9-22(20)23)27-30-17-25(32-27)18-7-3-2-4-8-18/h2-14,16-17,24,29H,15H2,1H3,(H2,28,31)(H,30,32)/t24-/m1/s1. The zero-order valence-corrected chi connectivity index (χ0v) is 18.3. The molecule has 0 radical (unpaired) electrons. The van der Waals surface area contributed by atoms with Crippen LogP contribution in [0.1, 0.15) is 23.0 Å². The maximum atomic E-state index is 8.70. The fraction of sp³-hybridized carbons (Fsp3) is 0.111. The van der Waals surface area contributed by atoms with Gasteiger partial charge in [-0.15, -0.1) is 0 Å². The second-order valence-corrected chi connectivity index (χ2v) is 7.90. The number of fused-ring (bicyclic) bond motifs is 1. The van der Waals surface area contributed by atoms with Crippen molar-refractivity contribution in [2.24, 2.45) is 0 Å². The van der Waals surface area contributed by atoms with Crippen LogP contribution in [0.4, 0.5) is 0 Å². The number of H-pyrrole nitrogens is 2. The number of aromatic nitrogens is 3. The Kier molecular flexibility index (Phi) is 5.64. The monoisotopic (exact) mass is 435 g/mol. The molecule has 6 nitrogen and oxygen atoms in total. The number of aromatic amines is 2. The number of nitrogens with zero attached hydrogens (tertiary/aromatic N) is 1. The molecule has 0 saturated heterocycles. The predicted molar refractivity (Wildman–Crippen MR) is 132 cm³/mol. The van der Waals surface area contributed by atoms with Crippen molar-refractivity contribution < 1.29 is 4.74 Å². The van der Waals surface area contributed by atoms with Crippen molar-refractivity contribution in [1.29, 1.82) is 5.41 Å². The number of para-hydroxylation sites is 1. The summed E-state index contributed by atoms with van der Waals surface area (Å²) >= 11 is 0. The van der Waals surface area contributed by atoms with Gasteiger partial charge in [0, 0.05) is 40.8 Å². The quantitative estimate of drug-likeness (QED) is 0.202. The molecule has 0 spiro atoms. The molecule has 0 aliphatic heterocycles. The first-order valence-corrected chi connectivity index (χ1v) is 10.9. The van der Waals surface area contributed by atoms with Crippen LogP contribution in [0.5, 0.6) is 5.75 Å². The van der Waals surface area contributed by atoms with Crippen LogP contribution in [0.3, 0.4) is 0 Å². The molecule has 3 aromatic carbocycles. The molecule has 0 saturated carbocycles. The van der Waals surface area contributed by atoms with Crippen LogP contribution in [-0.2, 0) is 6.42 Å². The van der Waals surface area contributed by atoms with E-state index in [1.165, 1.54) is 10.9 Å². The molecule has 164 valence electrons. The van der Waals surface area contributed by atoms with Crippen molar-refractivity contribution in [2.45, 2.75) is 12.5 Å². The lowest BCUT2D eigenvalue weighted by Gasteiger charge is -2.19. The van der Waals surface area contributed by atoms with Gasteiger partial charge in [-0.25, -0.2) is 4.98 Å². The minimum atomic E-state index is -0.212. The van der Waals surface area contributed by atoms with Gasteiger partial charge in [0.15, 0.2) is 0 Å². The highest BCUT2D eigenvalue weighted by Crippen LogP contribution is 2.26. The second-order valence-electron chi connectivity index (χ2n) is 7.90. The predicted octanol–water partition coefficient (Wildman–Crippen LogP) is 5.47. The molecule has 4 N–H and O–H groups in total. The maximum Gasteiger partial charge on any atom is 0.129 e. The van der Waals surface area contributed by atoms with E-state index >= 15 is 0 Å². The molecule has 0 aliphatic carbocycles. The highest BCUT2D eigenvalue weighted by atomic mass is 16.5. The average Bonchev–Trinajstić information content (AvgIpc) is 3.52. The van der Waals surface area contributed by atoms with Crippen LogP contribution < -0.4 is 10.1 Å². The van der Waals surface area contributed by atoms with Gasteiger partial charge in [-0.05, 0) is 35.9 Å². The Hall–Kier alpha value is -4.32. The summed E-state index contributed by atoms with van der Waals surface area (Å²) in [4.78, 5) is 11.6. The molecule has 0 fully saturated rings. The number of nitrogens with one attached hydrogen (secondary N) is 4. The molecule has 0 aliphatic rings. The number of amidine groups is 1. The maximum absolute atomic E-state index is 8.70.